The second-order valence-corrected chi connectivity index (χ2v) is 5.41. The summed E-state index contributed by atoms with van der Waals surface area (Å²) in [5, 5.41) is 9.07. The number of hydrogen-bond donors (Lipinski definition) is 1. The second-order valence-electron chi connectivity index (χ2n) is 5.41. The predicted octanol–water partition coefficient (Wildman–Crippen LogP) is 1.68. The summed E-state index contributed by atoms with van der Waals surface area (Å²) in [6.07, 6.45) is 2.13. The Balaban J connectivity index is 2.02. The number of methoxy groups -OCH3 is 1. The van der Waals surface area contributed by atoms with Gasteiger partial charge in [0.25, 0.3) is 0 Å². The van der Waals surface area contributed by atoms with Gasteiger partial charge < -0.3 is 9.84 Å². The Hall–Kier alpha value is -2.37. The van der Waals surface area contributed by atoms with E-state index in [1.54, 1.807) is 0 Å². The van der Waals surface area contributed by atoms with Crippen LogP contribution in [0.4, 0.5) is 5.69 Å². The number of carbonyl (C=O) groups excluding carboxylic acids is 2. The normalized spacial score (nSPS) is 24.3. The van der Waals surface area contributed by atoms with Gasteiger partial charge in [-0.15, -0.1) is 0 Å². The van der Waals surface area contributed by atoms with Crippen molar-refractivity contribution in [3.63, 3.8) is 0 Å². The zero-order chi connectivity index (χ0) is 15.1. The first-order chi connectivity index (χ1) is 10.0. The van der Waals surface area contributed by atoms with Gasteiger partial charge in [-0.3, -0.25) is 9.59 Å². The van der Waals surface area contributed by atoms with Gasteiger partial charge in [-0.05, 0) is 31.4 Å². The summed E-state index contributed by atoms with van der Waals surface area (Å²) in [5.41, 5.74) is 0.379. The summed E-state index contributed by atoms with van der Waals surface area (Å²) in [6, 6.07) is 4.27. The molecular weight excluding hydrogens is 274 g/mol. The maximum Gasteiger partial charge on any atom is 0.339 e. The van der Waals surface area contributed by atoms with Crippen LogP contribution in [0.1, 0.15) is 29.6 Å². The maximum absolute atomic E-state index is 12.4. The van der Waals surface area contributed by atoms with E-state index in [2.05, 4.69) is 0 Å². The van der Waals surface area contributed by atoms with Gasteiger partial charge in [0, 0.05) is 17.9 Å². The first-order valence-corrected chi connectivity index (χ1v) is 6.82. The van der Waals surface area contributed by atoms with Crippen molar-refractivity contribution in [1.82, 2.24) is 0 Å². The van der Waals surface area contributed by atoms with E-state index in [4.69, 9.17) is 9.84 Å². The van der Waals surface area contributed by atoms with Crippen molar-refractivity contribution in [2.45, 2.75) is 19.3 Å². The fraction of sp³-hybridized carbons (Fsp3) is 0.400. The molecule has 1 saturated carbocycles. The lowest BCUT2D eigenvalue weighted by Gasteiger charge is -2.30. The van der Waals surface area contributed by atoms with Crippen molar-refractivity contribution in [1.29, 1.82) is 0 Å². The van der Waals surface area contributed by atoms with Crippen LogP contribution in [0.25, 0.3) is 0 Å². The molecular formula is C15H15NO5. The highest BCUT2D eigenvalue weighted by atomic mass is 16.5. The molecule has 0 radical (unpaired) electrons. The van der Waals surface area contributed by atoms with Gasteiger partial charge in [0.1, 0.15) is 11.3 Å². The standard InChI is InChI=1S/C15H15NO5/c1-21-12-7-10(4-5-11(12)15(19)20)16-13(17)8-2-3-9(6-8)14(16)18/h4-5,7-9H,2-3,6H2,1H3,(H,19,20). The highest BCUT2D eigenvalue weighted by Gasteiger charge is 2.45. The molecule has 110 valence electrons. The number of nitrogens with zero attached hydrogens (tertiary/aromatic N) is 1. The van der Waals surface area contributed by atoms with Gasteiger partial charge in [-0.25, -0.2) is 9.69 Å². The molecule has 2 aliphatic rings. The van der Waals surface area contributed by atoms with E-state index in [0.717, 1.165) is 12.8 Å². The fourth-order valence-electron chi connectivity index (χ4n) is 3.15. The molecule has 3 rings (SSSR count). The van der Waals surface area contributed by atoms with Gasteiger partial charge in [-0.1, -0.05) is 0 Å². The average Bonchev–Trinajstić information content (AvgIpc) is 2.92. The van der Waals surface area contributed by atoms with Crippen molar-refractivity contribution < 1.29 is 24.2 Å². The van der Waals surface area contributed by atoms with Crippen molar-refractivity contribution >= 4 is 23.5 Å². The number of anilines is 1. The lowest BCUT2D eigenvalue weighted by atomic mass is 9.96. The van der Waals surface area contributed by atoms with E-state index in [9.17, 15) is 14.4 Å². The first-order valence-electron chi connectivity index (χ1n) is 6.82. The minimum Gasteiger partial charge on any atom is -0.496 e. The fourth-order valence-corrected chi connectivity index (χ4v) is 3.15. The zero-order valence-corrected chi connectivity index (χ0v) is 11.5. The molecule has 1 aliphatic heterocycles. The first kappa shape index (κ1) is 13.6. The van der Waals surface area contributed by atoms with E-state index < -0.39 is 5.97 Å². The van der Waals surface area contributed by atoms with Gasteiger partial charge in [0.15, 0.2) is 0 Å². The Morgan fingerprint density at radius 2 is 1.86 bits per heavy atom. The smallest absolute Gasteiger partial charge is 0.339 e. The maximum atomic E-state index is 12.4. The van der Waals surface area contributed by atoms with Gasteiger partial charge in [0.2, 0.25) is 11.8 Å². The number of piperidine rings is 1. The van der Waals surface area contributed by atoms with Crippen LogP contribution in [0.5, 0.6) is 5.75 Å². The van der Waals surface area contributed by atoms with Crippen LogP contribution in [-0.4, -0.2) is 30.0 Å². The van der Waals surface area contributed by atoms with E-state index in [-0.39, 0.29) is 35.0 Å². The number of imide groups is 1. The van der Waals surface area contributed by atoms with E-state index in [0.29, 0.717) is 12.1 Å². The third-order valence-electron chi connectivity index (χ3n) is 4.25. The van der Waals surface area contributed by atoms with Crippen LogP contribution in [0.2, 0.25) is 0 Å². The molecule has 1 heterocycles. The molecule has 1 N–H and O–H groups in total. The molecule has 21 heavy (non-hydrogen) atoms. The number of fused-ring (bicyclic) bond motifs is 2. The largest absolute Gasteiger partial charge is 0.496 e. The van der Waals surface area contributed by atoms with E-state index in [1.807, 2.05) is 0 Å². The molecule has 1 saturated heterocycles. The second kappa shape index (κ2) is 4.87. The molecule has 2 unspecified atom stereocenters. The number of hydrogen-bond acceptors (Lipinski definition) is 4. The Labute approximate surface area is 121 Å². The molecule has 1 aromatic carbocycles. The van der Waals surface area contributed by atoms with E-state index in [1.165, 1.54) is 30.2 Å². The monoisotopic (exact) mass is 289 g/mol. The number of ether oxygens (including phenoxy) is 1. The summed E-state index contributed by atoms with van der Waals surface area (Å²) in [7, 11) is 1.36. The van der Waals surface area contributed by atoms with Crippen molar-refractivity contribution in [3.8, 4) is 5.75 Å². The van der Waals surface area contributed by atoms with Gasteiger partial charge in [0.05, 0.1) is 12.8 Å². The van der Waals surface area contributed by atoms with Crippen LogP contribution in [0.15, 0.2) is 18.2 Å². The molecule has 6 heteroatoms. The molecule has 1 aliphatic carbocycles. The molecule has 2 fully saturated rings. The summed E-state index contributed by atoms with van der Waals surface area (Å²) in [4.78, 5) is 37.0. The number of carboxylic acids is 1. The molecule has 1 aromatic rings. The quantitative estimate of drug-likeness (QED) is 0.856. The Morgan fingerprint density at radius 3 is 2.38 bits per heavy atom. The van der Waals surface area contributed by atoms with Crippen LogP contribution < -0.4 is 9.64 Å². The molecule has 2 atom stereocenters. The number of benzene rings is 1. The van der Waals surface area contributed by atoms with Crippen molar-refractivity contribution in [2.24, 2.45) is 11.8 Å². The summed E-state index contributed by atoms with van der Waals surface area (Å²) in [5.74, 6) is -1.57. The SMILES string of the molecule is COc1cc(N2C(=O)C3CCC(C3)C2=O)ccc1C(=O)O. The summed E-state index contributed by atoms with van der Waals surface area (Å²) >= 11 is 0. The van der Waals surface area contributed by atoms with E-state index >= 15 is 0 Å². The predicted molar refractivity (Wildman–Crippen MR) is 73.3 cm³/mol. The highest BCUT2D eigenvalue weighted by molar-refractivity contribution is 6.18. The topological polar surface area (TPSA) is 83.9 Å². The number of rotatable bonds is 3. The van der Waals surface area contributed by atoms with Crippen molar-refractivity contribution in [3.05, 3.63) is 23.8 Å². The number of carboxylic acid groups (broad SMARTS) is 1. The van der Waals surface area contributed by atoms with Crippen molar-refractivity contribution in [2.75, 3.05) is 12.0 Å². The number of carbonyl (C=O) groups is 3. The Morgan fingerprint density at radius 1 is 1.24 bits per heavy atom. The average molecular weight is 289 g/mol. The molecule has 2 amide bonds. The summed E-state index contributed by atoms with van der Waals surface area (Å²) in [6.45, 7) is 0. The minimum absolute atomic E-state index is 0.00105. The zero-order valence-electron chi connectivity index (χ0n) is 11.5. The number of aromatic carboxylic acids is 1. The van der Waals surface area contributed by atoms with Gasteiger partial charge in [-0.2, -0.15) is 0 Å². The molecule has 0 aromatic heterocycles. The van der Waals surface area contributed by atoms with Crippen LogP contribution in [-0.2, 0) is 9.59 Å². The third-order valence-corrected chi connectivity index (χ3v) is 4.25. The molecule has 0 spiro atoms. The molecule has 2 bridgehead atoms. The minimum atomic E-state index is -1.12. The van der Waals surface area contributed by atoms with Crippen LogP contribution in [0.3, 0.4) is 0 Å². The van der Waals surface area contributed by atoms with Crippen LogP contribution >= 0.6 is 0 Å². The lowest BCUT2D eigenvalue weighted by molar-refractivity contribution is -0.133. The molecule has 6 nitrogen and oxygen atoms in total. The lowest BCUT2D eigenvalue weighted by Crippen LogP contribution is -2.46. The highest BCUT2D eigenvalue weighted by Crippen LogP contribution is 2.40. The number of amides is 2. The summed E-state index contributed by atoms with van der Waals surface area (Å²) < 4.78 is 5.05. The Kier molecular flexibility index (Phi) is 3.16. The van der Waals surface area contributed by atoms with Crippen LogP contribution in [0, 0.1) is 11.8 Å². The third kappa shape index (κ3) is 2.07. The van der Waals surface area contributed by atoms with Gasteiger partial charge >= 0.3 is 5.97 Å². The Bertz CT molecular complexity index is 617.